The van der Waals surface area contributed by atoms with E-state index in [-0.39, 0.29) is 17.5 Å². The zero-order chi connectivity index (χ0) is 22.0. The van der Waals surface area contributed by atoms with Gasteiger partial charge in [-0.05, 0) is 52.8 Å². The monoisotopic (exact) mass is 416 g/mol. The molecule has 0 spiro atoms. The van der Waals surface area contributed by atoms with Crippen LogP contribution >= 0.6 is 0 Å². The van der Waals surface area contributed by atoms with E-state index >= 15 is 0 Å². The highest BCUT2D eigenvalue weighted by Gasteiger charge is 2.30. The van der Waals surface area contributed by atoms with Crippen molar-refractivity contribution in [2.45, 2.75) is 32.1 Å². The maximum absolute atomic E-state index is 13.1. The van der Waals surface area contributed by atoms with Gasteiger partial charge in [-0.15, -0.1) is 0 Å². The number of pyridine rings is 1. The fourth-order valence-electron chi connectivity index (χ4n) is 4.34. The van der Waals surface area contributed by atoms with Gasteiger partial charge >= 0.3 is 0 Å². The number of carbonyl (C=O) groups is 2. The minimum atomic E-state index is -0.467. The molecule has 1 aliphatic rings. The molecule has 1 aromatic heterocycles. The van der Waals surface area contributed by atoms with E-state index < -0.39 is 5.82 Å². The van der Waals surface area contributed by atoms with Crippen LogP contribution in [0.4, 0.5) is 4.39 Å². The van der Waals surface area contributed by atoms with Gasteiger partial charge < -0.3 is 4.90 Å². The number of hydrogen-bond acceptors (Lipinski definition) is 3. The Bertz CT molecular complexity index is 1110. The van der Waals surface area contributed by atoms with Gasteiger partial charge in [0, 0.05) is 24.6 Å². The molecule has 1 saturated heterocycles. The lowest BCUT2D eigenvalue weighted by atomic mass is 9.88. The number of nitrogens with zero attached hydrogens (tertiary/aromatic N) is 2. The molecule has 31 heavy (non-hydrogen) atoms. The van der Waals surface area contributed by atoms with Crippen molar-refractivity contribution in [2.24, 2.45) is 0 Å². The van der Waals surface area contributed by atoms with Gasteiger partial charge in [0.15, 0.2) is 0 Å². The van der Waals surface area contributed by atoms with Crippen molar-refractivity contribution >= 4 is 12.2 Å². The zero-order valence-electron chi connectivity index (χ0n) is 17.7. The van der Waals surface area contributed by atoms with Gasteiger partial charge in [0.2, 0.25) is 0 Å². The Kier molecular flexibility index (Phi) is 5.94. The summed E-state index contributed by atoms with van der Waals surface area (Å²) < 4.78 is 13.1. The highest BCUT2D eigenvalue weighted by atomic mass is 19.1. The van der Waals surface area contributed by atoms with Crippen molar-refractivity contribution in [3.63, 3.8) is 0 Å². The first-order valence-corrected chi connectivity index (χ1v) is 10.6. The third-order valence-corrected chi connectivity index (χ3v) is 5.97. The predicted octanol–water partition coefficient (Wildman–Crippen LogP) is 5.45. The predicted molar refractivity (Wildman–Crippen MR) is 119 cm³/mol. The summed E-state index contributed by atoms with van der Waals surface area (Å²) in [6.45, 7) is 5.42. The summed E-state index contributed by atoms with van der Waals surface area (Å²) in [4.78, 5) is 30.3. The number of hydrogen-bond donors (Lipinski definition) is 0. The summed E-state index contributed by atoms with van der Waals surface area (Å²) in [7, 11) is 0. The van der Waals surface area contributed by atoms with Crippen molar-refractivity contribution in [1.82, 2.24) is 9.88 Å². The number of benzene rings is 2. The molecule has 158 valence electrons. The topological polar surface area (TPSA) is 50.3 Å². The lowest BCUT2D eigenvalue weighted by Crippen LogP contribution is -2.29. The van der Waals surface area contributed by atoms with Crippen molar-refractivity contribution in [3.05, 3.63) is 89.0 Å². The van der Waals surface area contributed by atoms with Crippen LogP contribution in [-0.2, 0) is 0 Å². The quantitative estimate of drug-likeness (QED) is 0.520. The smallest absolute Gasteiger partial charge is 0.272 e. The third kappa shape index (κ3) is 4.26. The highest BCUT2D eigenvalue weighted by Crippen LogP contribution is 2.34. The summed E-state index contributed by atoms with van der Waals surface area (Å²) in [6.07, 6.45) is 2.73. The van der Waals surface area contributed by atoms with Crippen molar-refractivity contribution in [1.29, 1.82) is 0 Å². The molecular formula is C26H25FN2O2. The van der Waals surface area contributed by atoms with Gasteiger partial charge in [-0.2, -0.15) is 0 Å². The molecule has 1 atom stereocenters. The Hall–Kier alpha value is -3.34. The molecule has 5 heteroatoms. The number of aldehydes is 1. The summed E-state index contributed by atoms with van der Waals surface area (Å²) in [5.74, 6) is -0.216. The Morgan fingerprint density at radius 2 is 1.97 bits per heavy atom. The van der Waals surface area contributed by atoms with E-state index in [1.807, 2.05) is 24.3 Å². The molecule has 1 unspecified atom stereocenters. The number of aromatic nitrogens is 1. The number of amides is 1. The fraction of sp³-hybridized carbons (Fsp3) is 0.269. The molecule has 0 saturated carbocycles. The average Bonchev–Trinajstić information content (AvgIpc) is 3.28. The lowest BCUT2D eigenvalue weighted by molar-refractivity contribution is 0.0785. The van der Waals surface area contributed by atoms with E-state index in [0.717, 1.165) is 35.6 Å². The van der Waals surface area contributed by atoms with E-state index in [1.54, 1.807) is 4.90 Å². The number of rotatable bonds is 5. The van der Waals surface area contributed by atoms with Crippen LogP contribution in [0.25, 0.3) is 11.1 Å². The maximum Gasteiger partial charge on any atom is 0.272 e. The maximum atomic E-state index is 13.1. The summed E-state index contributed by atoms with van der Waals surface area (Å²) in [5, 5.41) is 0. The largest absolute Gasteiger partial charge is 0.337 e. The molecule has 4 rings (SSSR count). The molecule has 0 N–H and O–H groups in total. The third-order valence-electron chi connectivity index (χ3n) is 5.97. The minimum absolute atomic E-state index is 0.0824. The molecule has 0 radical (unpaired) electrons. The first-order chi connectivity index (χ1) is 15.0. The van der Waals surface area contributed by atoms with E-state index in [1.165, 1.54) is 17.7 Å². The van der Waals surface area contributed by atoms with Crippen LogP contribution in [0.5, 0.6) is 0 Å². The van der Waals surface area contributed by atoms with E-state index in [0.29, 0.717) is 24.6 Å². The Labute approximate surface area is 181 Å². The van der Waals surface area contributed by atoms with Gasteiger partial charge in [-0.25, -0.2) is 9.37 Å². The van der Waals surface area contributed by atoms with Crippen LogP contribution < -0.4 is 0 Å². The molecule has 2 aromatic carbocycles. The van der Waals surface area contributed by atoms with Crippen molar-refractivity contribution < 1.29 is 14.0 Å². The second-order valence-corrected chi connectivity index (χ2v) is 8.30. The molecule has 1 amide bonds. The van der Waals surface area contributed by atoms with Crippen LogP contribution in [0.2, 0.25) is 0 Å². The number of halogens is 1. The summed E-state index contributed by atoms with van der Waals surface area (Å²) in [5.41, 5.74) is 5.27. The van der Waals surface area contributed by atoms with Crippen LogP contribution in [-0.4, -0.2) is 35.2 Å². The van der Waals surface area contributed by atoms with Crippen molar-refractivity contribution in [3.8, 4) is 11.1 Å². The Morgan fingerprint density at radius 1 is 1.16 bits per heavy atom. The Balaban J connectivity index is 1.58. The van der Waals surface area contributed by atoms with E-state index in [4.69, 9.17) is 0 Å². The van der Waals surface area contributed by atoms with E-state index in [2.05, 4.69) is 37.0 Å². The zero-order valence-corrected chi connectivity index (χ0v) is 17.7. The lowest BCUT2D eigenvalue weighted by Gasteiger charge is -2.18. The second kappa shape index (κ2) is 8.80. The van der Waals surface area contributed by atoms with E-state index in [9.17, 15) is 14.0 Å². The standard InChI is InChI=1S/C26H25FN2O2/c1-17(2)22-5-3-4-6-24(22)18-7-9-23(20(13-18)16-30)19-11-12-29(15-19)26(31)25-10-8-21(27)14-28-25/h3-10,13-14,16-17,19H,11-12,15H2,1-2H3. The highest BCUT2D eigenvalue weighted by molar-refractivity contribution is 5.92. The SMILES string of the molecule is CC(C)c1ccccc1-c1ccc(C2CCN(C(=O)c3ccc(F)cn3)C2)c(C=O)c1. The second-order valence-electron chi connectivity index (χ2n) is 8.30. The van der Waals surface area contributed by atoms with Crippen molar-refractivity contribution in [2.75, 3.05) is 13.1 Å². The Morgan fingerprint density at radius 3 is 2.68 bits per heavy atom. The summed E-state index contributed by atoms with van der Waals surface area (Å²) >= 11 is 0. The number of likely N-dealkylation sites (tertiary alicyclic amines) is 1. The van der Waals surface area contributed by atoms with Gasteiger partial charge in [-0.3, -0.25) is 9.59 Å². The molecular weight excluding hydrogens is 391 g/mol. The molecule has 2 heterocycles. The molecule has 4 nitrogen and oxygen atoms in total. The molecule has 3 aromatic rings. The minimum Gasteiger partial charge on any atom is -0.337 e. The molecule has 0 bridgehead atoms. The van der Waals surface area contributed by atoms with Crippen LogP contribution in [0, 0.1) is 5.82 Å². The van der Waals surface area contributed by atoms with Gasteiger partial charge in [0.1, 0.15) is 17.8 Å². The summed E-state index contributed by atoms with van der Waals surface area (Å²) in [6, 6.07) is 16.9. The molecule has 0 aliphatic carbocycles. The number of carbonyl (C=O) groups excluding carboxylic acids is 2. The van der Waals surface area contributed by atoms with Gasteiger partial charge in [0.25, 0.3) is 5.91 Å². The average molecular weight is 416 g/mol. The van der Waals surface area contributed by atoms with Gasteiger partial charge in [0.05, 0.1) is 6.20 Å². The first kappa shape index (κ1) is 20.9. The van der Waals surface area contributed by atoms with Crippen LogP contribution in [0.3, 0.4) is 0 Å². The van der Waals surface area contributed by atoms with Crippen LogP contribution in [0.1, 0.15) is 64.1 Å². The first-order valence-electron chi connectivity index (χ1n) is 10.6. The molecule has 1 fully saturated rings. The van der Waals surface area contributed by atoms with Crippen LogP contribution in [0.15, 0.2) is 60.8 Å². The molecule has 1 aliphatic heterocycles. The van der Waals surface area contributed by atoms with Gasteiger partial charge in [-0.1, -0.05) is 50.2 Å². The fourth-order valence-corrected chi connectivity index (χ4v) is 4.34. The normalized spacial score (nSPS) is 16.0.